The highest BCUT2D eigenvalue weighted by atomic mass is 79.9. The lowest BCUT2D eigenvalue weighted by Gasteiger charge is -2.17. The molecule has 2 rings (SSSR count). The third-order valence-electron chi connectivity index (χ3n) is 3.24. The van der Waals surface area contributed by atoms with Crippen LogP contribution in [0, 0.1) is 6.92 Å². The van der Waals surface area contributed by atoms with Gasteiger partial charge in [-0.2, -0.15) is 0 Å². The maximum atomic E-state index is 9.97. The lowest BCUT2D eigenvalue weighted by Crippen LogP contribution is -2.11. The van der Waals surface area contributed by atoms with Gasteiger partial charge in [0, 0.05) is 37.6 Å². The number of phenolic OH excluding ortho intramolecular Hbond substituents is 1. The van der Waals surface area contributed by atoms with Crippen LogP contribution in [0.15, 0.2) is 40.9 Å². The van der Waals surface area contributed by atoms with Crippen molar-refractivity contribution in [2.45, 2.75) is 13.5 Å². The molecule has 0 aliphatic carbocycles. The largest absolute Gasteiger partial charge is 0.506 e. The first kappa shape index (κ1) is 14.7. The smallest absolute Gasteiger partial charge is 0.134 e. The number of phenols is 1. The fourth-order valence-corrected chi connectivity index (χ4v) is 2.51. The number of para-hydroxylation sites is 1. The highest BCUT2D eigenvalue weighted by Gasteiger charge is 2.06. The molecular formula is C16H19BrN2O. The van der Waals surface area contributed by atoms with Crippen LogP contribution in [0.5, 0.6) is 5.75 Å². The molecule has 3 nitrogen and oxygen atoms in total. The normalized spacial score (nSPS) is 10.4. The molecule has 0 saturated carbocycles. The van der Waals surface area contributed by atoms with Crippen molar-refractivity contribution in [1.82, 2.24) is 0 Å². The molecule has 4 heteroatoms. The van der Waals surface area contributed by atoms with Crippen molar-refractivity contribution >= 4 is 27.3 Å². The van der Waals surface area contributed by atoms with Gasteiger partial charge < -0.3 is 15.3 Å². The SMILES string of the molecule is Cc1ccc(NCc2cccc(Br)c2O)cc1N(C)C. The zero-order chi connectivity index (χ0) is 14.7. The molecule has 0 heterocycles. The highest BCUT2D eigenvalue weighted by molar-refractivity contribution is 9.10. The van der Waals surface area contributed by atoms with E-state index >= 15 is 0 Å². The van der Waals surface area contributed by atoms with E-state index in [-0.39, 0.29) is 0 Å². The van der Waals surface area contributed by atoms with Gasteiger partial charge in [-0.3, -0.25) is 0 Å². The molecule has 20 heavy (non-hydrogen) atoms. The Morgan fingerprint density at radius 1 is 1.20 bits per heavy atom. The van der Waals surface area contributed by atoms with Gasteiger partial charge in [0.25, 0.3) is 0 Å². The summed E-state index contributed by atoms with van der Waals surface area (Å²) in [6, 6.07) is 11.9. The van der Waals surface area contributed by atoms with Crippen LogP contribution < -0.4 is 10.2 Å². The molecule has 0 aromatic heterocycles. The number of anilines is 2. The summed E-state index contributed by atoms with van der Waals surface area (Å²) in [5.74, 6) is 0.292. The third-order valence-corrected chi connectivity index (χ3v) is 3.88. The number of aromatic hydroxyl groups is 1. The van der Waals surface area contributed by atoms with Crippen molar-refractivity contribution in [3.63, 3.8) is 0 Å². The summed E-state index contributed by atoms with van der Waals surface area (Å²) in [4.78, 5) is 2.09. The van der Waals surface area contributed by atoms with Crippen LogP contribution in [0.25, 0.3) is 0 Å². The summed E-state index contributed by atoms with van der Waals surface area (Å²) in [6.07, 6.45) is 0. The van der Waals surface area contributed by atoms with E-state index in [1.54, 1.807) is 0 Å². The van der Waals surface area contributed by atoms with Crippen molar-refractivity contribution in [2.24, 2.45) is 0 Å². The van der Waals surface area contributed by atoms with Crippen molar-refractivity contribution < 1.29 is 5.11 Å². The first-order valence-corrected chi connectivity index (χ1v) is 7.26. The van der Waals surface area contributed by atoms with Crippen molar-refractivity contribution in [3.05, 3.63) is 52.0 Å². The standard InChI is InChI=1S/C16H19BrN2O/c1-11-7-8-13(9-15(11)19(2)3)18-10-12-5-4-6-14(17)16(12)20/h4-9,18,20H,10H2,1-3H3. The molecule has 0 fully saturated rings. The second-order valence-corrected chi connectivity index (χ2v) is 5.85. The molecule has 0 bridgehead atoms. The van der Waals surface area contributed by atoms with Gasteiger partial charge >= 0.3 is 0 Å². The predicted octanol–water partition coefficient (Wildman–Crippen LogP) is 4.14. The molecule has 0 atom stereocenters. The fourth-order valence-electron chi connectivity index (χ4n) is 2.10. The Morgan fingerprint density at radius 2 is 1.95 bits per heavy atom. The fraction of sp³-hybridized carbons (Fsp3) is 0.250. The lowest BCUT2D eigenvalue weighted by atomic mass is 10.1. The first-order chi connectivity index (χ1) is 9.49. The molecule has 0 aliphatic rings. The molecule has 2 aromatic carbocycles. The molecular weight excluding hydrogens is 316 g/mol. The monoisotopic (exact) mass is 334 g/mol. The Balaban J connectivity index is 2.15. The van der Waals surface area contributed by atoms with Gasteiger partial charge in [0.05, 0.1) is 4.47 Å². The highest BCUT2D eigenvalue weighted by Crippen LogP contribution is 2.28. The molecule has 0 amide bonds. The van der Waals surface area contributed by atoms with Crippen molar-refractivity contribution in [2.75, 3.05) is 24.3 Å². The van der Waals surface area contributed by atoms with Crippen LogP contribution in [0.1, 0.15) is 11.1 Å². The number of rotatable bonds is 4. The molecule has 0 unspecified atom stereocenters. The van der Waals surface area contributed by atoms with E-state index in [4.69, 9.17) is 0 Å². The van der Waals surface area contributed by atoms with Crippen LogP contribution in [0.2, 0.25) is 0 Å². The molecule has 2 N–H and O–H groups in total. The number of nitrogens with zero attached hydrogens (tertiary/aromatic N) is 1. The van der Waals surface area contributed by atoms with E-state index < -0.39 is 0 Å². The Kier molecular flexibility index (Phi) is 4.55. The average Bonchev–Trinajstić information content (AvgIpc) is 2.41. The number of benzene rings is 2. The van der Waals surface area contributed by atoms with Gasteiger partial charge in [0.1, 0.15) is 5.75 Å². The van der Waals surface area contributed by atoms with Crippen LogP contribution in [-0.2, 0) is 6.54 Å². The quantitative estimate of drug-likeness (QED) is 0.881. The molecule has 2 aromatic rings. The minimum Gasteiger partial charge on any atom is -0.506 e. The maximum absolute atomic E-state index is 9.97. The zero-order valence-corrected chi connectivity index (χ0v) is 13.5. The third kappa shape index (κ3) is 3.25. The Bertz CT molecular complexity index is 611. The summed E-state index contributed by atoms with van der Waals surface area (Å²) >= 11 is 3.33. The van der Waals surface area contributed by atoms with Gasteiger partial charge in [-0.05, 0) is 46.6 Å². The average molecular weight is 335 g/mol. The Hall–Kier alpha value is -1.68. The number of hydrogen-bond acceptors (Lipinski definition) is 3. The van der Waals surface area contributed by atoms with Gasteiger partial charge in [0.15, 0.2) is 0 Å². The van der Waals surface area contributed by atoms with E-state index in [0.717, 1.165) is 15.7 Å². The van der Waals surface area contributed by atoms with Gasteiger partial charge in [-0.15, -0.1) is 0 Å². The number of hydrogen-bond donors (Lipinski definition) is 2. The molecule has 0 radical (unpaired) electrons. The van der Waals surface area contributed by atoms with E-state index in [1.165, 1.54) is 11.3 Å². The van der Waals surface area contributed by atoms with Gasteiger partial charge in [-0.1, -0.05) is 18.2 Å². The summed E-state index contributed by atoms with van der Waals surface area (Å²) in [6.45, 7) is 2.68. The Morgan fingerprint density at radius 3 is 2.65 bits per heavy atom. The second kappa shape index (κ2) is 6.18. The first-order valence-electron chi connectivity index (χ1n) is 6.47. The Labute approximate surface area is 128 Å². The minimum atomic E-state index is 0.292. The number of nitrogens with one attached hydrogen (secondary N) is 1. The summed E-state index contributed by atoms with van der Waals surface area (Å²) in [7, 11) is 4.07. The second-order valence-electron chi connectivity index (χ2n) is 5.00. The lowest BCUT2D eigenvalue weighted by molar-refractivity contribution is 0.465. The van der Waals surface area contributed by atoms with Gasteiger partial charge in [0.2, 0.25) is 0 Å². The van der Waals surface area contributed by atoms with Gasteiger partial charge in [-0.25, -0.2) is 0 Å². The zero-order valence-electron chi connectivity index (χ0n) is 11.9. The van der Waals surface area contributed by atoms with E-state index in [0.29, 0.717) is 12.3 Å². The summed E-state index contributed by atoms with van der Waals surface area (Å²) in [5.41, 5.74) is 4.34. The van der Waals surface area contributed by atoms with Crippen LogP contribution >= 0.6 is 15.9 Å². The van der Waals surface area contributed by atoms with E-state index in [9.17, 15) is 5.11 Å². The molecule has 0 spiro atoms. The maximum Gasteiger partial charge on any atom is 0.134 e. The molecule has 0 saturated heterocycles. The summed E-state index contributed by atoms with van der Waals surface area (Å²) in [5, 5.41) is 13.3. The number of halogens is 1. The minimum absolute atomic E-state index is 0.292. The van der Waals surface area contributed by atoms with Crippen LogP contribution in [-0.4, -0.2) is 19.2 Å². The molecule has 0 aliphatic heterocycles. The van der Waals surface area contributed by atoms with E-state index in [1.807, 2.05) is 32.3 Å². The van der Waals surface area contributed by atoms with Crippen molar-refractivity contribution in [3.8, 4) is 5.75 Å². The number of aryl methyl sites for hydroxylation is 1. The topological polar surface area (TPSA) is 35.5 Å². The summed E-state index contributed by atoms with van der Waals surface area (Å²) < 4.78 is 0.717. The molecule has 106 valence electrons. The van der Waals surface area contributed by atoms with Crippen LogP contribution in [0.4, 0.5) is 11.4 Å². The predicted molar refractivity (Wildman–Crippen MR) is 88.6 cm³/mol. The van der Waals surface area contributed by atoms with Crippen LogP contribution in [0.3, 0.4) is 0 Å². The van der Waals surface area contributed by atoms with Crippen molar-refractivity contribution in [1.29, 1.82) is 0 Å². The van der Waals surface area contributed by atoms with E-state index in [2.05, 4.69) is 51.3 Å².